The van der Waals surface area contributed by atoms with Crippen molar-refractivity contribution in [1.29, 1.82) is 0 Å². The van der Waals surface area contributed by atoms with Gasteiger partial charge in [-0.3, -0.25) is 4.79 Å². The molecule has 18 heavy (non-hydrogen) atoms. The molecule has 1 N–H and O–H groups in total. The van der Waals surface area contributed by atoms with Crippen molar-refractivity contribution in [2.75, 3.05) is 6.54 Å². The fourth-order valence-electron chi connectivity index (χ4n) is 2.24. The SMILES string of the molecule is CC1c2cc(O)ccc2CCN1C(=O)C(F)(F)F. The van der Waals surface area contributed by atoms with E-state index in [0.717, 1.165) is 10.5 Å². The number of amides is 1. The van der Waals surface area contributed by atoms with Crippen LogP contribution in [-0.2, 0) is 11.2 Å². The molecule has 1 aromatic rings. The molecule has 0 aliphatic carbocycles. The number of nitrogens with zero attached hydrogens (tertiary/aromatic N) is 1. The molecule has 2 rings (SSSR count). The average molecular weight is 259 g/mol. The molecule has 98 valence electrons. The number of carbonyl (C=O) groups excluding carboxylic acids is 1. The lowest BCUT2D eigenvalue weighted by Crippen LogP contribution is -2.45. The maximum absolute atomic E-state index is 12.4. The highest BCUT2D eigenvalue weighted by atomic mass is 19.4. The zero-order chi connectivity index (χ0) is 13.5. The summed E-state index contributed by atoms with van der Waals surface area (Å²) in [4.78, 5) is 12.1. The maximum atomic E-state index is 12.4. The van der Waals surface area contributed by atoms with Crippen molar-refractivity contribution >= 4 is 5.91 Å². The summed E-state index contributed by atoms with van der Waals surface area (Å²) in [5.74, 6) is -1.84. The largest absolute Gasteiger partial charge is 0.508 e. The van der Waals surface area contributed by atoms with Crippen LogP contribution in [0.25, 0.3) is 0 Å². The molecule has 1 unspecified atom stereocenters. The summed E-state index contributed by atoms with van der Waals surface area (Å²) in [7, 11) is 0. The van der Waals surface area contributed by atoms with E-state index in [1.54, 1.807) is 6.07 Å². The summed E-state index contributed by atoms with van der Waals surface area (Å²) in [6.07, 6.45) is -4.50. The van der Waals surface area contributed by atoms with E-state index in [4.69, 9.17) is 0 Å². The molecule has 0 bridgehead atoms. The fourth-order valence-corrected chi connectivity index (χ4v) is 2.24. The minimum absolute atomic E-state index is 0.0121. The first kappa shape index (κ1) is 12.7. The molecule has 1 amide bonds. The second-order valence-electron chi connectivity index (χ2n) is 4.31. The van der Waals surface area contributed by atoms with E-state index in [2.05, 4.69) is 0 Å². The van der Waals surface area contributed by atoms with Crippen molar-refractivity contribution < 1.29 is 23.1 Å². The van der Waals surface area contributed by atoms with Crippen LogP contribution in [0, 0.1) is 0 Å². The van der Waals surface area contributed by atoms with Crippen molar-refractivity contribution in [3.8, 4) is 5.75 Å². The van der Waals surface area contributed by atoms with Gasteiger partial charge in [-0.2, -0.15) is 13.2 Å². The van der Waals surface area contributed by atoms with Gasteiger partial charge < -0.3 is 10.0 Å². The number of phenols is 1. The quantitative estimate of drug-likeness (QED) is 0.777. The van der Waals surface area contributed by atoms with Crippen molar-refractivity contribution in [3.05, 3.63) is 29.3 Å². The molecular weight excluding hydrogens is 247 g/mol. The molecule has 0 saturated carbocycles. The fraction of sp³-hybridized carbons (Fsp3) is 0.417. The maximum Gasteiger partial charge on any atom is 0.471 e. The summed E-state index contributed by atoms with van der Waals surface area (Å²) < 4.78 is 37.3. The van der Waals surface area contributed by atoms with Crippen molar-refractivity contribution in [2.24, 2.45) is 0 Å². The van der Waals surface area contributed by atoms with Crippen molar-refractivity contribution in [2.45, 2.75) is 25.6 Å². The zero-order valence-electron chi connectivity index (χ0n) is 9.66. The molecule has 1 aromatic carbocycles. The van der Waals surface area contributed by atoms with Crippen LogP contribution < -0.4 is 0 Å². The summed E-state index contributed by atoms with van der Waals surface area (Å²) in [6.45, 7) is 1.57. The van der Waals surface area contributed by atoms with Gasteiger partial charge in [-0.25, -0.2) is 0 Å². The highest BCUT2D eigenvalue weighted by Gasteiger charge is 2.45. The van der Waals surface area contributed by atoms with Gasteiger partial charge in [0.1, 0.15) is 5.75 Å². The average Bonchev–Trinajstić information content (AvgIpc) is 2.28. The minimum Gasteiger partial charge on any atom is -0.508 e. The molecule has 3 nitrogen and oxygen atoms in total. The zero-order valence-corrected chi connectivity index (χ0v) is 9.66. The van der Waals surface area contributed by atoms with Crippen LogP contribution in [0.3, 0.4) is 0 Å². The first-order chi connectivity index (χ1) is 8.30. The van der Waals surface area contributed by atoms with Crippen LogP contribution in [0.4, 0.5) is 13.2 Å². The Morgan fingerprint density at radius 2 is 2.11 bits per heavy atom. The number of halogens is 3. The van der Waals surface area contributed by atoms with E-state index in [0.29, 0.717) is 12.0 Å². The number of aromatic hydroxyl groups is 1. The number of alkyl halides is 3. The molecule has 0 radical (unpaired) electrons. The minimum atomic E-state index is -4.86. The Bertz CT molecular complexity index is 485. The second-order valence-corrected chi connectivity index (χ2v) is 4.31. The highest BCUT2D eigenvalue weighted by Crippen LogP contribution is 2.34. The van der Waals surface area contributed by atoms with Crippen LogP contribution >= 0.6 is 0 Å². The summed E-state index contributed by atoms with van der Waals surface area (Å²) >= 11 is 0. The van der Waals surface area contributed by atoms with Gasteiger partial charge in [0.2, 0.25) is 0 Å². The first-order valence-electron chi connectivity index (χ1n) is 5.50. The monoisotopic (exact) mass is 259 g/mol. The Balaban J connectivity index is 2.33. The van der Waals surface area contributed by atoms with Gasteiger partial charge in [0.15, 0.2) is 0 Å². The lowest BCUT2D eigenvalue weighted by molar-refractivity contribution is -0.188. The Morgan fingerprint density at radius 3 is 2.72 bits per heavy atom. The van der Waals surface area contributed by atoms with Crippen LogP contribution in [0.2, 0.25) is 0 Å². The van der Waals surface area contributed by atoms with Crippen LogP contribution in [-0.4, -0.2) is 28.6 Å². The first-order valence-corrected chi connectivity index (χ1v) is 5.50. The Hall–Kier alpha value is -1.72. The van der Waals surface area contributed by atoms with Gasteiger partial charge in [0, 0.05) is 6.54 Å². The lowest BCUT2D eigenvalue weighted by atomic mass is 9.93. The van der Waals surface area contributed by atoms with E-state index in [1.165, 1.54) is 19.1 Å². The van der Waals surface area contributed by atoms with E-state index >= 15 is 0 Å². The third kappa shape index (κ3) is 2.14. The van der Waals surface area contributed by atoms with Crippen molar-refractivity contribution in [3.63, 3.8) is 0 Å². The Labute approximate surface area is 102 Å². The molecule has 0 saturated heterocycles. The lowest BCUT2D eigenvalue weighted by Gasteiger charge is -2.35. The van der Waals surface area contributed by atoms with Crippen molar-refractivity contribution in [1.82, 2.24) is 4.90 Å². The third-order valence-corrected chi connectivity index (χ3v) is 3.17. The molecule has 0 fully saturated rings. The van der Waals surface area contributed by atoms with E-state index < -0.39 is 18.1 Å². The summed E-state index contributed by atoms with van der Waals surface area (Å²) in [6, 6.07) is 3.90. The molecule has 1 atom stereocenters. The van der Waals surface area contributed by atoms with E-state index in [1.807, 2.05) is 0 Å². The van der Waals surface area contributed by atoms with Crippen LogP contribution in [0.15, 0.2) is 18.2 Å². The molecule has 0 spiro atoms. The van der Waals surface area contributed by atoms with Gasteiger partial charge in [-0.1, -0.05) is 6.07 Å². The van der Waals surface area contributed by atoms with Crippen LogP contribution in [0.1, 0.15) is 24.1 Å². The molecule has 1 aliphatic heterocycles. The Morgan fingerprint density at radius 1 is 1.44 bits per heavy atom. The molecule has 6 heteroatoms. The molecule has 1 aliphatic rings. The highest BCUT2D eigenvalue weighted by molar-refractivity contribution is 5.82. The number of rotatable bonds is 0. The van der Waals surface area contributed by atoms with Gasteiger partial charge in [-0.05, 0) is 36.6 Å². The van der Waals surface area contributed by atoms with E-state index in [-0.39, 0.29) is 12.3 Å². The Kier molecular flexibility index (Phi) is 2.96. The molecular formula is C12H12F3NO2. The van der Waals surface area contributed by atoms with Gasteiger partial charge >= 0.3 is 12.1 Å². The normalized spacial score (nSPS) is 19.6. The number of phenolic OH excluding ortho intramolecular Hbond substituents is 1. The third-order valence-electron chi connectivity index (χ3n) is 3.17. The smallest absolute Gasteiger partial charge is 0.471 e. The number of hydrogen-bond acceptors (Lipinski definition) is 2. The number of fused-ring (bicyclic) bond motifs is 1. The van der Waals surface area contributed by atoms with Gasteiger partial charge in [0.25, 0.3) is 0 Å². The summed E-state index contributed by atoms with van der Waals surface area (Å²) in [5, 5.41) is 9.37. The summed E-state index contributed by atoms with van der Waals surface area (Å²) in [5.41, 5.74) is 1.44. The standard InChI is InChI=1S/C12H12F3NO2/c1-7-10-6-9(17)3-2-8(10)4-5-16(7)11(18)12(13,14)15/h2-3,6-7,17H,4-5H2,1H3. The van der Waals surface area contributed by atoms with E-state index in [9.17, 15) is 23.1 Å². The predicted molar refractivity (Wildman–Crippen MR) is 58.0 cm³/mol. The number of benzene rings is 1. The second kappa shape index (κ2) is 4.19. The van der Waals surface area contributed by atoms with Gasteiger partial charge in [-0.15, -0.1) is 0 Å². The van der Waals surface area contributed by atoms with Crippen LogP contribution in [0.5, 0.6) is 5.75 Å². The number of carbonyl (C=O) groups is 1. The van der Waals surface area contributed by atoms with Gasteiger partial charge in [0.05, 0.1) is 6.04 Å². The number of hydrogen-bond donors (Lipinski definition) is 1. The molecule has 1 heterocycles. The topological polar surface area (TPSA) is 40.5 Å². The molecule has 0 aromatic heterocycles. The predicted octanol–water partition coefficient (Wildman–Crippen LogP) is 2.40.